The van der Waals surface area contributed by atoms with Crippen LogP contribution in [0, 0.1) is 0 Å². The first kappa shape index (κ1) is 17.6. The van der Waals surface area contributed by atoms with Crippen LogP contribution in [0.1, 0.15) is 5.56 Å². The van der Waals surface area contributed by atoms with Crippen LogP contribution in [-0.2, 0) is 11.3 Å². The molecule has 0 bridgehead atoms. The number of nitrogens with zero attached hydrogens (tertiary/aromatic N) is 1. The van der Waals surface area contributed by atoms with Crippen molar-refractivity contribution >= 4 is 23.4 Å². The van der Waals surface area contributed by atoms with Crippen LogP contribution < -0.4 is 10.1 Å². The number of ether oxygens (including phenoxy) is 1. The van der Waals surface area contributed by atoms with Crippen LogP contribution in [0.2, 0.25) is 0 Å². The van der Waals surface area contributed by atoms with Crippen LogP contribution in [0.3, 0.4) is 0 Å². The number of nitrogens with one attached hydrogen (secondary N) is 1. The highest BCUT2D eigenvalue weighted by Gasteiger charge is 2.17. The van der Waals surface area contributed by atoms with Gasteiger partial charge in [-0.25, -0.2) is 0 Å². The first-order valence-corrected chi connectivity index (χ1v) is 9.30. The topological polar surface area (TPSA) is 41.6 Å². The van der Waals surface area contributed by atoms with Crippen molar-refractivity contribution in [3.63, 3.8) is 0 Å². The fourth-order valence-electron chi connectivity index (χ4n) is 2.75. The number of para-hydroxylation sites is 2. The van der Waals surface area contributed by atoms with E-state index in [9.17, 15) is 4.79 Å². The van der Waals surface area contributed by atoms with Gasteiger partial charge in [0.15, 0.2) is 0 Å². The largest absolute Gasteiger partial charge is 0.492 e. The molecule has 2 aromatic rings. The van der Waals surface area contributed by atoms with Gasteiger partial charge in [-0.2, -0.15) is 0 Å². The molecule has 0 fully saturated rings. The molecule has 130 valence electrons. The molecule has 1 aliphatic rings. The molecule has 25 heavy (non-hydrogen) atoms. The average molecular weight is 354 g/mol. The summed E-state index contributed by atoms with van der Waals surface area (Å²) in [7, 11) is 0. The number of carbonyl (C=O) groups is 1. The molecular weight excluding hydrogens is 332 g/mol. The second-order valence-corrected chi connectivity index (χ2v) is 6.87. The summed E-state index contributed by atoms with van der Waals surface area (Å²) in [5, 5.41) is 3.03. The fourth-order valence-corrected chi connectivity index (χ4v) is 3.50. The Bertz CT molecular complexity index is 748. The third-order valence-electron chi connectivity index (χ3n) is 3.92. The summed E-state index contributed by atoms with van der Waals surface area (Å²) in [6, 6.07) is 15.9. The SMILES string of the molecule is C=CCSc1ccccc1NC(=O)CN1CCOc2ccccc2C1. The molecular formula is C20H22N2O2S. The third-order valence-corrected chi connectivity index (χ3v) is 4.99. The van der Waals surface area contributed by atoms with Crippen molar-refractivity contribution in [1.82, 2.24) is 4.90 Å². The number of carbonyl (C=O) groups excluding carboxylic acids is 1. The zero-order chi connectivity index (χ0) is 17.5. The van der Waals surface area contributed by atoms with Gasteiger partial charge in [0.2, 0.25) is 5.91 Å². The van der Waals surface area contributed by atoms with Gasteiger partial charge in [-0.05, 0) is 18.2 Å². The van der Waals surface area contributed by atoms with Crippen molar-refractivity contribution in [2.45, 2.75) is 11.4 Å². The van der Waals surface area contributed by atoms with Gasteiger partial charge in [0.05, 0.1) is 12.2 Å². The number of hydrogen-bond donors (Lipinski definition) is 1. The Kier molecular flexibility index (Phi) is 6.14. The maximum Gasteiger partial charge on any atom is 0.238 e. The van der Waals surface area contributed by atoms with E-state index in [1.54, 1.807) is 11.8 Å². The van der Waals surface area contributed by atoms with Gasteiger partial charge in [0.25, 0.3) is 0 Å². The molecule has 1 N–H and O–H groups in total. The van der Waals surface area contributed by atoms with Crippen molar-refractivity contribution in [1.29, 1.82) is 0 Å². The van der Waals surface area contributed by atoms with Crippen LogP contribution in [0.25, 0.3) is 0 Å². The number of amides is 1. The van der Waals surface area contributed by atoms with Gasteiger partial charge in [0.1, 0.15) is 12.4 Å². The molecule has 0 unspecified atom stereocenters. The van der Waals surface area contributed by atoms with Crippen molar-refractivity contribution < 1.29 is 9.53 Å². The third kappa shape index (κ3) is 4.87. The first-order chi connectivity index (χ1) is 12.3. The van der Waals surface area contributed by atoms with Gasteiger partial charge in [-0.15, -0.1) is 18.3 Å². The second kappa shape index (κ2) is 8.74. The minimum atomic E-state index is -0.00830. The van der Waals surface area contributed by atoms with Crippen molar-refractivity contribution in [3.05, 3.63) is 66.7 Å². The van der Waals surface area contributed by atoms with E-state index >= 15 is 0 Å². The smallest absolute Gasteiger partial charge is 0.238 e. The summed E-state index contributed by atoms with van der Waals surface area (Å²) >= 11 is 1.66. The number of anilines is 1. The maximum atomic E-state index is 12.5. The summed E-state index contributed by atoms with van der Waals surface area (Å²) < 4.78 is 5.76. The van der Waals surface area contributed by atoms with E-state index in [1.807, 2.05) is 54.6 Å². The lowest BCUT2D eigenvalue weighted by atomic mass is 10.2. The molecule has 1 aliphatic heterocycles. The number of rotatable bonds is 6. The van der Waals surface area contributed by atoms with E-state index in [2.05, 4.69) is 16.8 Å². The molecule has 0 atom stereocenters. The van der Waals surface area contributed by atoms with Crippen LogP contribution in [0.5, 0.6) is 5.75 Å². The van der Waals surface area contributed by atoms with E-state index in [0.29, 0.717) is 13.2 Å². The minimum Gasteiger partial charge on any atom is -0.492 e. The molecule has 1 heterocycles. The maximum absolute atomic E-state index is 12.5. The number of benzene rings is 2. The van der Waals surface area contributed by atoms with E-state index in [0.717, 1.165) is 40.7 Å². The summed E-state index contributed by atoms with van der Waals surface area (Å²) in [6.07, 6.45) is 1.86. The van der Waals surface area contributed by atoms with Gasteiger partial charge in [-0.1, -0.05) is 36.4 Å². The number of hydrogen-bond acceptors (Lipinski definition) is 4. The Morgan fingerprint density at radius 3 is 2.92 bits per heavy atom. The Hall–Kier alpha value is -2.24. The van der Waals surface area contributed by atoms with Crippen LogP contribution in [0.4, 0.5) is 5.69 Å². The predicted octanol–water partition coefficient (Wildman–Crippen LogP) is 3.80. The highest BCUT2D eigenvalue weighted by atomic mass is 32.2. The van der Waals surface area contributed by atoms with Crippen LogP contribution in [-0.4, -0.2) is 36.3 Å². The summed E-state index contributed by atoms with van der Waals surface area (Å²) in [5.41, 5.74) is 1.97. The zero-order valence-electron chi connectivity index (χ0n) is 14.1. The standard InChI is InChI=1S/C20H22N2O2S/c1-2-13-25-19-10-6-4-8-17(19)21-20(23)15-22-11-12-24-18-9-5-3-7-16(18)14-22/h2-10H,1,11-15H2,(H,21,23). The van der Waals surface area contributed by atoms with Crippen LogP contribution in [0.15, 0.2) is 66.1 Å². The summed E-state index contributed by atoms with van der Waals surface area (Å²) in [5.74, 6) is 1.72. The molecule has 0 spiro atoms. The molecule has 0 radical (unpaired) electrons. The number of thioether (sulfide) groups is 1. The van der Waals surface area contributed by atoms with Crippen LogP contribution >= 0.6 is 11.8 Å². The monoisotopic (exact) mass is 354 g/mol. The lowest BCUT2D eigenvalue weighted by molar-refractivity contribution is -0.117. The van der Waals surface area contributed by atoms with Gasteiger partial charge in [0, 0.05) is 29.3 Å². The Balaban J connectivity index is 1.62. The van der Waals surface area contributed by atoms with Gasteiger partial charge < -0.3 is 10.1 Å². The predicted molar refractivity (Wildman–Crippen MR) is 103 cm³/mol. The molecule has 3 rings (SSSR count). The van der Waals surface area contributed by atoms with Crippen molar-refractivity contribution in [2.75, 3.05) is 30.8 Å². The van der Waals surface area contributed by atoms with Gasteiger partial charge >= 0.3 is 0 Å². The van der Waals surface area contributed by atoms with Crippen molar-refractivity contribution in [3.8, 4) is 5.75 Å². The Morgan fingerprint density at radius 2 is 2.04 bits per heavy atom. The summed E-state index contributed by atoms with van der Waals surface area (Å²) in [4.78, 5) is 15.7. The molecule has 4 nitrogen and oxygen atoms in total. The molecule has 2 aromatic carbocycles. The average Bonchev–Trinajstić information content (AvgIpc) is 2.82. The number of fused-ring (bicyclic) bond motifs is 1. The Labute approximate surface area is 152 Å². The van der Waals surface area contributed by atoms with Crippen molar-refractivity contribution in [2.24, 2.45) is 0 Å². The zero-order valence-corrected chi connectivity index (χ0v) is 14.9. The Morgan fingerprint density at radius 1 is 1.24 bits per heavy atom. The molecule has 0 saturated heterocycles. The fraction of sp³-hybridized carbons (Fsp3) is 0.250. The first-order valence-electron chi connectivity index (χ1n) is 8.32. The molecule has 1 amide bonds. The second-order valence-electron chi connectivity index (χ2n) is 5.81. The lowest BCUT2D eigenvalue weighted by Gasteiger charge is -2.19. The van der Waals surface area contributed by atoms with E-state index in [4.69, 9.17) is 4.74 Å². The quantitative estimate of drug-likeness (QED) is 0.633. The lowest BCUT2D eigenvalue weighted by Crippen LogP contribution is -2.34. The molecule has 0 saturated carbocycles. The van der Waals surface area contributed by atoms with E-state index in [1.165, 1.54) is 0 Å². The summed E-state index contributed by atoms with van der Waals surface area (Å²) in [6.45, 7) is 6.13. The van der Waals surface area contributed by atoms with E-state index in [-0.39, 0.29) is 5.91 Å². The highest BCUT2D eigenvalue weighted by molar-refractivity contribution is 7.99. The highest BCUT2D eigenvalue weighted by Crippen LogP contribution is 2.27. The normalized spacial score (nSPS) is 14.1. The van der Waals surface area contributed by atoms with E-state index < -0.39 is 0 Å². The molecule has 0 aromatic heterocycles. The molecule has 5 heteroatoms. The van der Waals surface area contributed by atoms with Gasteiger partial charge in [-0.3, -0.25) is 9.69 Å². The minimum absolute atomic E-state index is 0.00830. The molecule has 0 aliphatic carbocycles.